The van der Waals surface area contributed by atoms with Crippen LogP contribution < -0.4 is 11.5 Å². The number of hydrogen-bond acceptors (Lipinski definition) is 6. The van der Waals surface area contributed by atoms with E-state index in [1.165, 1.54) is 77.6 Å². The standard InChI is InChI=1S/C18H37NO2.C4H9NO3/c1-2-3-4-5-6-7-8-9-10-11-12-13-14-15-18(21)17(19)16-20;1-2(6)3(5)4(7)8/h14-15,17-18,20-21H,2-13,16,19H2,1H3;2-3,6H,5H2,1H3,(H,7,8)/b15-14+;/t17-,18+;2-,3+/m01/s1. The molecule has 0 saturated carbocycles. The van der Waals surface area contributed by atoms with Crippen LogP contribution in [0.4, 0.5) is 0 Å². The fourth-order valence-electron chi connectivity index (χ4n) is 2.62. The normalized spacial score (nSPS) is 15.4. The van der Waals surface area contributed by atoms with Crippen molar-refractivity contribution in [2.75, 3.05) is 6.61 Å². The lowest BCUT2D eigenvalue weighted by Gasteiger charge is -2.11. The quantitative estimate of drug-likeness (QED) is 0.157. The number of aliphatic hydroxyl groups is 3. The summed E-state index contributed by atoms with van der Waals surface area (Å²) in [5, 5.41) is 34.9. The molecule has 0 saturated heterocycles. The van der Waals surface area contributed by atoms with E-state index < -0.39 is 30.3 Å². The van der Waals surface area contributed by atoms with Crippen molar-refractivity contribution < 1.29 is 25.2 Å². The van der Waals surface area contributed by atoms with Crippen LogP contribution in [0, 0.1) is 0 Å². The van der Waals surface area contributed by atoms with Gasteiger partial charge in [0.25, 0.3) is 0 Å². The maximum absolute atomic E-state index is 9.86. The summed E-state index contributed by atoms with van der Waals surface area (Å²) in [5.74, 6) is -1.18. The van der Waals surface area contributed by atoms with Crippen molar-refractivity contribution in [2.45, 2.75) is 115 Å². The monoisotopic (exact) mass is 418 g/mol. The number of allylic oxidation sites excluding steroid dienone is 1. The Bertz CT molecular complexity index is 391. The molecular weight excluding hydrogens is 372 g/mol. The Morgan fingerprint density at radius 3 is 1.69 bits per heavy atom. The highest BCUT2D eigenvalue weighted by Crippen LogP contribution is 2.12. The van der Waals surface area contributed by atoms with Crippen molar-refractivity contribution in [3.05, 3.63) is 12.2 Å². The fraction of sp³-hybridized carbons (Fsp3) is 0.864. The Morgan fingerprint density at radius 1 is 0.897 bits per heavy atom. The highest BCUT2D eigenvalue weighted by molar-refractivity contribution is 5.73. The second-order valence-electron chi connectivity index (χ2n) is 7.69. The minimum Gasteiger partial charge on any atom is -0.480 e. The highest BCUT2D eigenvalue weighted by Gasteiger charge is 2.16. The molecule has 7 heteroatoms. The number of aliphatic carboxylic acids is 1. The summed E-state index contributed by atoms with van der Waals surface area (Å²) in [7, 11) is 0. The van der Waals surface area contributed by atoms with E-state index in [4.69, 9.17) is 26.8 Å². The summed E-state index contributed by atoms with van der Waals surface area (Å²) >= 11 is 0. The number of hydrogen-bond donors (Lipinski definition) is 6. The maximum atomic E-state index is 9.86. The Labute approximate surface area is 177 Å². The number of carboxylic acids is 1. The molecule has 0 aromatic rings. The van der Waals surface area contributed by atoms with Gasteiger partial charge in [0.1, 0.15) is 6.04 Å². The lowest BCUT2D eigenvalue weighted by molar-refractivity contribution is -0.140. The lowest BCUT2D eigenvalue weighted by Crippen LogP contribution is -2.39. The zero-order valence-corrected chi connectivity index (χ0v) is 18.5. The van der Waals surface area contributed by atoms with Gasteiger partial charge in [-0.15, -0.1) is 0 Å². The predicted octanol–water partition coefficient (Wildman–Crippen LogP) is 2.70. The van der Waals surface area contributed by atoms with Gasteiger partial charge >= 0.3 is 5.97 Å². The number of aliphatic hydroxyl groups excluding tert-OH is 3. The van der Waals surface area contributed by atoms with E-state index in [0.717, 1.165) is 6.42 Å². The minimum atomic E-state index is -1.18. The molecular formula is C22H46N2O5. The second kappa shape index (κ2) is 21.7. The summed E-state index contributed by atoms with van der Waals surface area (Å²) in [6, 6.07) is -1.71. The van der Waals surface area contributed by atoms with Crippen molar-refractivity contribution in [2.24, 2.45) is 11.5 Å². The Balaban J connectivity index is 0. The zero-order valence-electron chi connectivity index (χ0n) is 18.5. The Kier molecular flexibility index (Phi) is 22.6. The molecule has 4 atom stereocenters. The van der Waals surface area contributed by atoms with Crippen LogP contribution in [-0.4, -0.2) is 57.3 Å². The van der Waals surface area contributed by atoms with Gasteiger partial charge in [0.2, 0.25) is 0 Å². The number of nitrogens with two attached hydrogens (primary N) is 2. The average Bonchev–Trinajstić information content (AvgIpc) is 2.70. The van der Waals surface area contributed by atoms with Gasteiger partial charge in [-0.05, 0) is 19.8 Å². The van der Waals surface area contributed by atoms with Gasteiger partial charge < -0.3 is 31.9 Å². The first-order valence-electron chi connectivity index (χ1n) is 11.1. The van der Waals surface area contributed by atoms with Crippen LogP contribution in [0.15, 0.2) is 12.2 Å². The molecule has 8 N–H and O–H groups in total. The SMILES string of the molecule is CCCCCCCCCCCCC/C=C/[C@@H](O)[C@@H](N)CO.C[C@@H](O)[C@H](N)C(=O)O. The summed E-state index contributed by atoms with van der Waals surface area (Å²) in [6.07, 6.45) is 17.8. The molecule has 0 fully saturated rings. The summed E-state index contributed by atoms with van der Waals surface area (Å²) < 4.78 is 0. The van der Waals surface area contributed by atoms with Gasteiger partial charge in [-0.1, -0.05) is 83.3 Å². The molecule has 0 rings (SSSR count). The van der Waals surface area contributed by atoms with Gasteiger partial charge in [0.05, 0.1) is 24.9 Å². The summed E-state index contributed by atoms with van der Waals surface area (Å²) in [6.45, 7) is 3.42. The highest BCUT2D eigenvalue weighted by atomic mass is 16.4. The molecule has 0 amide bonds. The van der Waals surface area contributed by atoms with Crippen LogP contribution in [0.3, 0.4) is 0 Å². The molecule has 0 unspecified atom stereocenters. The van der Waals surface area contributed by atoms with E-state index in [9.17, 15) is 9.90 Å². The first-order valence-corrected chi connectivity index (χ1v) is 11.1. The molecule has 0 aliphatic heterocycles. The molecule has 0 radical (unpaired) electrons. The van der Waals surface area contributed by atoms with Crippen LogP contribution in [0.25, 0.3) is 0 Å². The van der Waals surface area contributed by atoms with Crippen molar-refractivity contribution in [3.8, 4) is 0 Å². The molecule has 0 aromatic carbocycles. The summed E-state index contributed by atoms with van der Waals surface area (Å²) in [5.41, 5.74) is 10.4. The van der Waals surface area contributed by atoms with Crippen LogP contribution >= 0.6 is 0 Å². The molecule has 0 bridgehead atoms. The van der Waals surface area contributed by atoms with E-state index >= 15 is 0 Å². The predicted molar refractivity (Wildman–Crippen MR) is 119 cm³/mol. The molecule has 0 spiro atoms. The third-order valence-corrected chi connectivity index (χ3v) is 4.76. The van der Waals surface area contributed by atoms with Gasteiger partial charge in [-0.3, -0.25) is 4.79 Å². The third-order valence-electron chi connectivity index (χ3n) is 4.76. The van der Waals surface area contributed by atoms with Crippen molar-refractivity contribution in [1.82, 2.24) is 0 Å². The zero-order chi connectivity index (χ0) is 22.5. The summed E-state index contributed by atoms with van der Waals surface area (Å²) in [4.78, 5) is 9.86. The van der Waals surface area contributed by atoms with Crippen molar-refractivity contribution >= 4 is 5.97 Å². The maximum Gasteiger partial charge on any atom is 0.323 e. The van der Waals surface area contributed by atoms with Gasteiger partial charge in [0.15, 0.2) is 0 Å². The number of unbranched alkanes of at least 4 members (excludes halogenated alkanes) is 11. The van der Waals surface area contributed by atoms with Crippen LogP contribution in [-0.2, 0) is 4.79 Å². The first kappa shape index (κ1) is 30.2. The third kappa shape index (κ3) is 21.5. The molecule has 0 aromatic heterocycles. The van der Waals surface area contributed by atoms with Gasteiger partial charge in [-0.2, -0.15) is 0 Å². The smallest absolute Gasteiger partial charge is 0.323 e. The Morgan fingerprint density at radius 2 is 1.34 bits per heavy atom. The number of carbonyl (C=O) groups is 1. The van der Waals surface area contributed by atoms with E-state index in [0.29, 0.717) is 0 Å². The first-order chi connectivity index (χ1) is 13.8. The number of carboxylic acid groups (broad SMARTS) is 1. The number of rotatable bonds is 17. The topological polar surface area (TPSA) is 150 Å². The van der Waals surface area contributed by atoms with Crippen molar-refractivity contribution in [1.29, 1.82) is 0 Å². The van der Waals surface area contributed by atoms with Crippen LogP contribution in [0.5, 0.6) is 0 Å². The molecule has 0 aliphatic rings. The fourth-order valence-corrected chi connectivity index (χ4v) is 2.62. The van der Waals surface area contributed by atoms with E-state index in [1.807, 2.05) is 6.08 Å². The average molecular weight is 419 g/mol. The largest absolute Gasteiger partial charge is 0.480 e. The van der Waals surface area contributed by atoms with Crippen LogP contribution in [0.1, 0.15) is 90.9 Å². The van der Waals surface area contributed by atoms with E-state index in [-0.39, 0.29) is 6.61 Å². The van der Waals surface area contributed by atoms with Crippen molar-refractivity contribution in [3.63, 3.8) is 0 Å². The second-order valence-corrected chi connectivity index (χ2v) is 7.69. The van der Waals surface area contributed by atoms with Crippen LogP contribution in [0.2, 0.25) is 0 Å². The minimum absolute atomic E-state index is 0.177. The van der Waals surface area contributed by atoms with E-state index in [1.54, 1.807) is 6.08 Å². The molecule has 0 aliphatic carbocycles. The molecule has 7 nitrogen and oxygen atoms in total. The molecule has 174 valence electrons. The molecule has 29 heavy (non-hydrogen) atoms. The molecule has 0 heterocycles. The Hall–Kier alpha value is -0.990. The lowest BCUT2D eigenvalue weighted by atomic mass is 10.0. The van der Waals surface area contributed by atoms with Gasteiger partial charge in [0, 0.05) is 0 Å². The van der Waals surface area contributed by atoms with E-state index in [2.05, 4.69) is 6.92 Å². The van der Waals surface area contributed by atoms with Gasteiger partial charge in [-0.25, -0.2) is 0 Å².